The maximum absolute atomic E-state index is 14.5. The fourth-order valence-electron chi connectivity index (χ4n) is 10.9. The maximum Gasteiger partial charge on any atom is 0.407 e. The number of carboxylic acids is 1. The molecule has 6 N–H and O–H groups in total. The van der Waals surface area contributed by atoms with E-state index in [0.29, 0.717) is 24.3 Å². The van der Waals surface area contributed by atoms with Gasteiger partial charge in [0.2, 0.25) is 12.2 Å². The van der Waals surface area contributed by atoms with E-state index in [-0.39, 0.29) is 68.0 Å². The van der Waals surface area contributed by atoms with Gasteiger partial charge in [-0.3, -0.25) is 14.3 Å². The Bertz CT molecular complexity index is 2440. The van der Waals surface area contributed by atoms with Gasteiger partial charge in [-0.2, -0.15) is 0 Å². The highest BCUT2D eigenvalue weighted by Gasteiger charge is 2.54. The zero-order valence-electron chi connectivity index (χ0n) is 48.4. The number of amides is 1. The Labute approximate surface area is 467 Å². The number of carbonyl (C=O) groups excluding carboxylic acids is 2. The minimum absolute atomic E-state index is 0.0213. The quantitative estimate of drug-likeness (QED) is 0.0364. The normalized spacial score (nSPS) is 35.5. The van der Waals surface area contributed by atoms with Crippen LogP contribution in [0.4, 0.5) is 4.79 Å². The first-order chi connectivity index (χ1) is 37.0. The van der Waals surface area contributed by atoms with E-state index in [2.05, 4.69) is 10.5 Å². The number of aromatic carboxylic acids is 1. The fourth-order valence-corrected chi connectivity index (χ4v) is 11.7. The van der Waals surface area contributed by atoms with E-state index in [1.165, 1.54) is 46.0 Å². The lowest BCUT2D eigenvalue weighted by molar-refractivity contribution is -0.317. The van der Waals surface area contributed by atoms with Crippen LogP contribution in [0.3, 0.4) is 0 Å². The van der Waals surface area contributed by atoms with E-state index in [4.69, 9.17) is 47.5 Å². The van der Waals surface area contributed by atoms with Crippen LogP contribution in [0.25, 0.3) is 10.9 Å². The van der Waals surface area contributed by atoms with Gasteiger partial charge in [-0.25, -0.2) is 9.59 Å². The molecule has 0 radical (unpaired) electrons. The lowest BCUT2D eigenvalue weighted by atomic mass is 9.75. The van der Waals surface area contributed by atoms with Crippen molar-refractivity contribution in [2.45, 2.75) is 177 Å². The standard InChI is InChI=1S/C54H87N5O19S/c1-16-39-54(9,68)45(62)41(56-72-28-69-14)29(2)25-52(7,67)46(77-50-43(61)38(57(10)11)23-30(3)73-50)31(4)44(32(5)49(65)75-39)76-40-26-53(8,70-15)47(33(6)74-40)78-51(66)55-19-20-71-21-22-79-34-17-18-37-35(24-34)42(60)36(48(63)64)27-59(37)58(12)13/h17-18,24,27,29-33,38-40,43-47,50,61-62,67-68H,16,19-23,25-26,28H2,1-15H3,(H,55,66)(H,63,64)/b56-41+/t29-,30-,31+,32-,33+,38+,39-,40+,43-,44+,45-,46-,47+,50+,52-,53-,54-/m1/s1. The zero-order chi connectivity index (χ0) is 58.9. The first-order valence-electron chi connectivity index (χ1n) is 26.8. The number of fused-ring (bicyclic) bond motifs is 1. The van der Waals surface area contributed by atoms with Gasteiger partial charge in [-0.05, 0) is 93.1 Å². The molecule has 5 rings (SSSR count). The van der Waals surface area contributed by atoms with Crippen LogP contribution in [-0.4, -0.2) is 218 Å². The molecule has 0 spiro atoms. The highest BCUT2D eigenvalue weighted by atomic mass is 32.2. The van der Waals surface area contributed by atoms with Gasteiger partial charge in [0.15, 0.2) is 18.7 Å². The number of nitrogens with zero attached hydrogens (tertiary/aromatic N) is 4. The number of carboxylic acid groups (broad SMARTS) is 1. The molecule has 0 bridgehead atoms. The van der Waals surface area contributed by atoms with Crippen molar-refractivity contribution in [1.29, 1.82) is 0 Å². The van der Waals surface area contributed by atoms with Crippen LogP contribution in [-0.2, 0) is 52.3 Å². The molecule has 3 aliphatic rings. The molecule has 0 aliphatic carbocycles. The van der Waals surface area contributed by atoms with Crippen molar-refractivity contribution in [2.75, 3.05) is 79.7 Å². The lowest BCUT2D eigenvalue weighted by Gasteiger charge is -2.49. The number of pyridine rings is 1. The molecule has 3 aliphatic heterocycles. The summed E-state index contributed by atoms with van der Waals surface area (Å²) in [6.07, 6.45) is -10.3. The van der Waals surface area contributed by atoms with E-state index in [1.807, 2.05) is 32.0 Å². The van der Waals surface area contributed by atoms with E-state index in [1.54, 1.807) is 77.5 Å². The van der Waals surface area contributed by atoms with Crippen LogP contribution < -0.4 is 15.8 Å². The predicted molar refractivity (Wildman–Crippen MR) is 292 cm³/mol. The highest BCUT2D eigenvalue weighted by Crippen LogP contribution is 2.41. The number of benzene rings is 1. The molecule has 25 heteroatoms. The molecule has 1 aromatic carbocycles. The summed E-state index contributed by atoms with van der Waals surface area (Å²) in [5.41, 5.74) is -5.63. The molecule has 17 atom stereocenters. The van der Waals surface area contributed by atoms with Gasteiger partial charge in [0.1, 0.15) is 35.1 Å². The summed E-state index contributed by atoms with van der Waals surface area (Å²) < 4.78 is 56.8. The van der Waals surface area contributed by atoms with Crippen molar-refractivity contribution in [2.24, 2.45) is 22.9 Å². The Morgan fingerprint density at radius 3 is 2.28 bits per heavy atom. The molecule has 0 unspecified atom stereocenters. The largest absolute Gasteiger partial charge is 0.477 e. The molecule has 0 saturated carbocycles. The number of cyclic esters (lactones) is 1. The van der Waals surface area contributed by atoms with Crippen LogP contribution in [0.1, 0.15) is 98.4 Å². The summed E-state index contributed by atoms with van der Waals surface area (Å²) >= 11 is 1.42. The van der Waals surface area contributed by atoms with Gasteiger partial charge in [0, 0.05) is 81.4 Å². The van der Waals surface area contributed by atoms with Gasteiger partial charge in [0.25, 0.3) is 0 Å². The molecule has 3 fully saturated rings. The van der Waals surface area contributed by atoms with Gasteiger partial charge < -0.3 is 88.2 Å². The first-order valence-corrected chi connectivity index (χ1v) is 27.8. The minimum Gasteiger partial charge on any atom is -0.477 e. The SMILES string of the molecule is CC[C@H]1OC(=O)[C@H](C)[C@@H](O[C@H]2C[C@@](C)(OC)[C@@H](OC(=O)NCCOCCSc3ccc4c(c3)c(=O)c(C(=O)O)cn4N(C)C)[C@H](C)O2)[C@H](C)[C@@H](O[C@@H]2O[C@H](C)C[C@H](N(C)C)[C@H]2O)[C@](C)(O)C[C@@H](C)/C(=N\OCOC)[C@@H](O)[C@]1(C)O. The Morgan fingerprint density at radius 1 is 0.962 bits per heavy atom. The lowest BCUT2D eigenvalue weighted by Crippen LogP contribution is -2.61. The number of aliphatic hydroxyl groups excluding tert-OH is 2. The fraction of sp³-hybridized carbons (Fsp3) is 0.759. The molecule has 24 nitrogen and oxygen atoms in total. The first kappa shape index (κ1) is 65.6. The maximum atomic E-state index is 14.5. The van der Waals surface area contributed by atoms with Crippen LogP contribution in [0.5, 0.6) is 0 Å². The number of likely N-dealkylation sites (N-methyl/N-ethyl adjacent to an activating group) is 1. The summed E-state index contributed by atoms with van der Waals surface area (Å²) in [6, 6.07) is 4.89. The summed E-state index contributed by atoms with van der Waals surface area (Å²) in [5.74, 6) is -4.55. The summed E-state index contributed by atoms with van der Waals surface area (Å²) in [5, 5.41) is 67.0. The Morgan fingerprint density at radius 2 is 1.66 bits per heavy atom. The molecule has 3 saturated heterocycles. The number of nitrogens with one attached hydrogen (secondary N) is 1. The number of methoxy groups -OCH3 is 2. The average molecular weight is 1140 g/mol. The molecule has 448 valence electrons. The Balaban J connectivity index is 1.32. The van der Waals surface area contributed by atoms with Crippen LogP contribution >= 0.6 is 11.8 Å². The predicted octanol–water partition coefficient (Wildman–Crippen LogP) is 3.31. The number of thioether (sulfide) groups is 1. The smallest absolute Gasteiger partial charge is 0.407 e. The van der Waals surface area contributed by atoms with Crippen LogP contribution in [0.15, 0.2) is 39.2 Å². The van der Waals surface area contributed by atoms with Crippen molar-refractivity contribution < 1.29 is 87.4 Å². The Kier molecular flexibility index (Phi) is 23.4. The third-order valence-electron chi connectivity index (χ3n) is 15.3. The van der Waals surface area contributed by atoms with Gasteiger partial charge >= 0.3 is 18.0 Å². The molecule has 2 aromatic rings. The molecule has 1 aromatic heterocycles. The molecule has 4 heterocycles. The van der Waals surface area contributed by atoms with Crippen molar-refractivity contribution in [3.8, 4) is 0 Å². The number of rotatable bonds is 20. The van der Waals surface area contributed by atoms with E-state index in [0.717, 1.165) is 4.90 Å². The van der Waals surface area contributed by atoms with Crippen molar-refractivity contribution in [3.05, 3.63) is 40.2 Å². The number of carbonyl (C=O) groups is 3. The van der Waals surface area contributed by atoms with Crippen molar-refractivity contribution in [3.63, 3.8) is 0 Å². The topological polar surface area (TPSA) is 298 Å². The van der Waals surface area contributed by atoms with E-state index in [9.17, 15) is 44.7 Å². The number of hydrogen-bond acceptors (Lipinski definition) is 22. The molecule has 79 heavy (non-hydrogen) atoms. The van der Waals surface area contributed by atoms with Gasteiger partial charge in [-0.15, -0.1) is 11.8 Å². The minimum atomic E-state index is -2.13. The van der Waals surface area contributed by atoms with Gasteiger partial charge in [-0.1, -0.05) is 25.9 Å². The number of oxime groups is 1. The van der Waals surface area contributed by atoms with Crippen LogP contribution in [0, 0.1) is 17.8 Å². The van der Waals surface area contributed by atoms with Crippen molar-refractivity contribution in [1.82, 2.24) is 14.9 Å². The monoisotopic (exact) mass is 1140 g/mol. The number of esters is 1. The van der Waals surface area contributed by atoms with Crippen LogP contribution in [0.2, 0.25) is 0 Å². The highest BCUT2D eigenvalue weighted by molar-refractivity contribution is 7.99. The number of aliphatic hydroxyl groups is 4. The number of ether oxygens (including phenoxy) is 9. The van der Waals surface area contributed by atoms with E-state index >= 15 is 0 Å². The third-order valence-corrected chi connectivity index (χ3v) is 16.3. The summed E-state index contributed by atoms with van der Waals surface area (Å²) in [6.45, 7) is 15.1. The summed E-state index contributed by atoms with van der Waals surface area (Å²) in [4.78, 5) is 60.7. The van der Waals surface area contributed by atoms with Gasteiger partial charge in [0.05, 0.1) is 60.4 Å². The third kappa shape index (κ3) is 15.9. The molecular formula is C54H87N5O19S. The summed E-state index contributed by atoms with van der Waals surface area (Å²) in [7, 11) is 10.0. The number of hydrogen-bond donors (Lipinski definition) is 6. The second-order valence-corrected chi connectivity index (χ2v) is 23.3. The number of alkyl carbamates (subject to hydrolysis) is 1. The molecule has 1 amide bonds. The zero-order valence-corrected chi connectivity index (χ0v) is 49.2. The average Bonchev–Trinajstić information content (AvgIpc) is 3.38. The second-order valence-electron chi connectivity index (χ2n) is 22.1. The van der Waals surface area contributed by atoms with E-state index < -0.39 is 113 Å². The molecular weight excluding hydrogens is 1050 g/mol. The number of aromatic nitrogens is 1. The van der Waals surface area contributed by atoms with Crippen molar-refractivity contribution >= 4 is 46.4 Å². The second kappa shape index (κ2) is 28.2. The Hall–Kier alpha value is -4.22.